The van der Waals surface area contributed by atoms with E-state index in [9.17, 15) is 5.11 Å². The van der Waals surface area contributed by atoms with E-state index in [1.807, 2.05) is 24.3 Å². The number of benzene rings is 1. The Morgan fingerprint density at radius 2 is 2.11 bits per heavy atom. The lowest BCUT2D eigenvalue weighted by Crippen LogP contribution is -1.98. The van der Waals surface area contributed by atoms with E-state index in [0.717, 1.165) is 17.0 Å². The molecule has 0 fully saturated rings. The number of anilines is 2. The van der Waals surface area contributed by atoms with Crippen molar-refractivity contribution >= 4 is 11.5 Å². The van der Waals surface area contributed by atoms with Gasteiger partial charge >= 0.3 is 0 Å². The summed E-state index contributed by atoms with van der Waals surface area (Å²) in [5.74, 6) is 2.09. The van der Waals surface area contributed by atoms with Crippen LogP contribution >= 0.6 is 0 Å². The predicted octanol–water partition coefficient (Wildman–Crippen LogP) is 2.05. The molecule has 18 heavy (non-hydrogen) atoms. The highest BCUT2D eigenvalue weighted by molar-refractivity contribution is 5.63. The lowest BCUT2D eigenvalue weighted by molar-refractivity contribution is 0.174. The standard InChI is InChI=1S/C13H12N2O3/c16-7-9-2-1-5-14-13(9)15-10-3-4-11-12(6-10)18-8-17-11/h1-6,16H,7-8H2,(H,14,15). The SMILES string of the molecule is OCc1cccnc1Nc1ccc2c(c1)OCO2. The zero-order chi connectivity index (χ0) is 12.4. The molecule has 5 heteroatoms. The maximum atomic E-state index is 9.23. The summed E-state index contributed by atoms with van der Waals surface area (Å²) in [6, 6.07) is 9.17. The number of aliphatic hydroxyl groups is 1. The summed E-state index contributed by atoms with van der Waals surface area (Å²) in [6.07, 6.45) is 1.68. The second kappa shape index (κ2) is 4.54. The third-order valence-corrected chi connectivity index (χ3v) is 2.70. The van der Waals surface area contributed by atoms with E-state index in [-0.39, 0.29) is 13.4 Å². The van der Waals surface area contributed by atoms with E-state index >= 15 is 0 Å². The summed E-state index contributed by atoms with van der Waals surface area (Å²) >= 11 is 0. The number of nitrogens with one attached hydrogen (secondary N) is 1. The first-order valence-electron chi connectivity index (χ1n) is 5.58. The van der Waals surface area contributed by atoms with Gasteiger partial charge in [0.1, 0.15) is 5.82 Å². The van der Waals surface area contributed by atoms with Gasteiger partial charge in [0, 0.05) is 23.5 Å². The van der Waals surface area contributed by atoms with E-state index in [1.54, 1.807) is 12.3 Å². The van der Waals surface area contributed by atoms with E-state index in [4.69, 9.17) is 9.47 Å². The monoisotopic (exact) mass is 244 g/mol. The molecule has 0 radical (unpaired) electrons. The Bertz CT molecular complexity index is 572. The van der Waals surface area contributed by atoms with Crippen LogP contribution in [0.4, 0.5) is 11.5 Å². The molecule has 2 heterocycles. The van der Waals surface area contributed by atoms with Crippen molar-refractivity contribution in [3.8, 4) is 11.5 Å². The first kappa shape index (κ1) is 10.9. The summed E-state index contributed by atoms with van der Waals surface area (Å²) in [4.78, 5) is 4.20. The minimum absolute atomic E-state index is 0.0548. The molecule has 2 aromatic rings. The number of fused-ring (bicyclic) bond motifs is 1. The van der Waals surface area contributed by atoms with Gasteiger partial charge in [0.05, 0.1) is 6.61 Å². The maximum Gasteiger partial charge on any atom is 0.231 e. The average Bonchev–Trinajstić information content (AvgIpc) is 2.87. The van der Waals surface area contributed by atoms with Gasteiger partial charge in [0.2, 0.25) is 6.79 Å². The Morgan fingerprint density at radius 3 is 3.00 bits per heavy atom. The van der Waals surface area contributed by atoms with Crippen molar-refractivity contribution in [1.82, 2.24) is 4.98 Å². The van der Waals surface area contributed by atoms with Crippen molar-refractivity contribution in [2.24, 2.45) is 0 Å². The second-order valence-electron chi connectivity index (χ2n) is 3.86. The fourth-order valence-corrected chi connectivity index (χ4v) is 1.79. The zero-order valence-electron chi connectivity index (χ0n) is 9.59. The average molecular weight is 244 g/mol. The minimum Gasteiger partial charge on any atom is -0.454 e. The van der Waals surface area contributed by atoms with Gasteiger partial charge in [0.15, 0.2) is 11.5 Å². The van der Waals surface area contributed by atoms with Crippen LogP contribution in [0, 0.1) is 0 Å². The van der Waals surface area contributed by atoms with Crippen LogP contribution in [0.1, 0.15) is 5.56 Å². The van der Waals surface area contributed by atoms with Crippen molar-refractivity contribution in [1.29, 1.82) is 0 Å². The van der Waals surface area contributed by atoms with E-state index in [2.05, 4.69) is 10.3 Å². The molecule has 0 amide bonds. The van der Waals surface area contributed by atoms with Crippen molar-refractivity contribution in [2.45, 2.75) is 6.61 Å². The molecule has 1 aliphatic heterocycles. The van der Waals surface area contributed by atoms with Crippen molar-refractivity contribution in [3.05, 3.63) is 42.1 Å². The quantitative estimate of drug-likeness (QED) is 0.865. The van der Waals surface area contributed by atoms with Crippen LogP contribution in [0.5, 0.6) is 11.5 Å². The number of nitrogens with zero attached hydrogens (tertiary/aromatic N) is 1. The number of hydrogen-bond acceptors (Lipinski definition) is 5. The molecular formula is C13H12N2O3. The van der Waals surface area contributed by atoms with Gasteiger partial charge in [0.25, 0.3) is 0 Å². The Hall–Kier alpha value is -2.27. The summed E-state index contributed by atoms with van der Waals surface area (Å²) in [5.41, 5.74) is 1.59. The summed E-state index contributed by atoms with van der Waals surface area (Å²) in [6.45, 7) is 0.199. The van der Waals surface area contributed by atoms with Gasteiger partial charge in [-0.3, -0.25) is 0 Å². The Kier molecular flexibility index (Phi) is 2.74. The number of hydrogen-bond donors (Lipinski definition) is 2. The van der Waals surface area contributed by atoms with E-state index < -0.39 is 0 Å². The van der Waals surface area contributed by atoms with Crippen molar-refractivity contribution in [3.63, 3.8) is 0 Å². The van der Waals surface area contributed by atoms with Crippen LogP contribution in [0.3, 0.4) is 0 Å². The molecule has 2 N–H and O–H groups in total. The molecule has 0 bridgehead atoms. The van der Waals surface area contributed by atoms with E-state index in [0.29, 0.717) is 11.6 Å². The van der Waals surface area contributed by atoms with Gasteiger partial charge in [-0.1, -0.05) is 6.07 Å². The topological polar surface area (TPSA) is 63.6 Å². The molecule has 0 aliphatic carbocycles. The minimum atomic E-state index is -0.0548. The van der Waals surface area contributed by atoms with Crippen LogP contribution in [-0.4, -0.2) is 16.9 Å². The normalized spacial score (nSPS) is 12.5. The molecule has 1 aromatic carbocycles. The van der Waals surface area contributed by atoms with E-state index in [1.165, 1.54) is 0 Å². The maximum absolute atomic E-state index is 9.23. The lowest BCUT2D eigenvalue weighted by atomic mass is 10.2. The third kappa shape index (κ3) is 1.96. The first-order valence-corrected chi connectivity index (χ1v) is 5.58. The van der Waals surface area contributed by atoms with Gasteiger partial charge < -0.3 is 19.9 Å². The lowest BCUT2D eigenvalue weighted by Gasteiger charge is -2.09. The van der Waals surface area contributed by atoms with Gasteiger partial charge in [-0.25, -0.2) is 4.98 Å². The zero-order valence-corrected chi connectivity index (χ0v) is 9.59. The molecule has 5 nitrogen and oxygen atoms in total. The molecule has 0 unspecified atom stereocenters. The molecular weight excluding hydrogens is 232 g/mol. The molecule has 0 saturated carbocycles. The Balaban J connectivity index is 1.88. The smallest absolute Gasteiger partial charge is 0.231 e. The molecule has 0 spiro atoms. The van der Waals surface area contributed by atoms with Gasteiger partial charge in [-0.2, -0.15) is 0 Å². The number of ether oxygens (including phenoxy) is 2. The largest absolute Gasteiger partial charge is 0.454 e. The predicted molar refractivity (Wildman–Crippen MR) is 66.0 cm³/mol. The second-order valence-corrected chi connectivity index (χ2v) is 3.86. The Morgan fingerprint density at radius 1 is 1.22 bits per heavy atom. The Labute approximate surface area is 104 Å². The highest BCUT2D eigenvalue weighted by Gasteiger charge is 2.13. The van der Waals surface area contributed by atoms with Crippen molar-refractivity contribution < 1.29 is 14.6 Å². The molecule has 0 saturated heterocycles. The van der Waals surface area contributed by atoms with Crippen LogP contribution in [0.15, 0.2) is 36.5 Å². The molecule has 92 valence electrons. The van der Waals surface area contributed by atoms with Crippen LogP contribution in [-0.2, 0) is 6.61 Å². The highest BCUT2D eigenvalue weighted by Crippen LogP contribution is 2.35. The van der Waals surface area contributed by atoms with Crippen LogP contribution in [0.2, 0.25) is 0 Å². The fourth-order valence-electron chi connectivity index (χ4n) is 1.79. The fraction of sp³-hybridized carbons (Fsp3) is 0.154. The van der Waals surface area contributed by atoms with Crippen molar-refractivity contribution in [2.75, 3.05) is 12.1 Å². The van der Waals surface area contributed by atoms with Crippen LogP contribution in [0.25, 0.3) is 0 Å². The first-order chi connectivity index (χ1) is 8.86. The van der Waals surface area contributed by atoms with Gasteiger partial charge in [-0.15, -0.1) is 0 Å². The third-order valence-electron chi connectivity index (χ3n) is 2.70. The summed E-state index contributed by atoms with van der Waals surface area (Å²) in [7, 11) is 0. The van der Waals surface area contributed by atoms with Gasteiger partial charge in [-0.05, 0) is 18.2 Å². The number of pyridine rings is 1. The number of aliphatic hydroxyl groups excluding tert-OH is 1. The number of rotatable bonds is 3. The molecule has 1 aliphatic rings. The van der Waals surface area contributed by atoms with Crippen LogP contribution < -0.4 is 14.8 Å². The number of aromatic nitrogens is 1. The highest BCUT2D eigenvalue weighted by atomic mass is 16.7. The molecule has 1 aromatic heterocycles. The summed E-state index contributed by atoms with van der Waals surface area (Å²) in [5, 5.41) is 12.4. The summed E-state index contributed by atoms with van der Waals surface area (Å²) < 4.78 is 10.5. The molecule has 0 atom stereocenters. The molecule has 3 rings (SSSR count).